The highest BCUT2D eigenvalue weighted by molar-refractivity contribution is 5.95. The lowest BCUT2D eigenvalue weighted by Crippen LogP contribution is -2.37. The van der Waals surface area contributed by atoms with Gasteiger partial charge in [-0.15, -0.1) is 0 Å². The van der Waals surface area contributed by atoms with E-state index in [2.05, 4.69) is 0 Å². The first kappa shape index (κ1) is 18.8. The van der Waals surface area contributed by atoms with E-state index < -0.39 is 24.2 Å². The van der Waals surface area contributed by atoms with Crippen LogP contribution < -0.4 is 4.74 Å². The van der Waals surface area contributed by atoms with Crippen LogP contribution in [0.15, 0.2) is 24.3 Å². The SMILES string of the molecule is Cc1cc(C(=O)N2CCc3c(F)ccc(F)c3C2)cc(C)c1OCC(=O)O. The van der Waals surface area contributed by atoms with Gasteiger partial charge in [0.2, 0.25) is 0 Å². The average molecular weight is 375 g/mol. The fourth-order valence-electron chi connectivity index (χ4n) is 3.38. The largest absolute Gasteiger partial charge is 0.481 e. The van der Waals surface area contributed by atoms with Gasteiger partial charge in [0.25, 0.3) is 5.91 Å². The second-order valence-electron chi connectivity index (χ2n) is 6.58. The lowest BCUT2D eigenvalue weighted by atomic mass is 9.97. The highest BCUT2D eigenvalue weighted by Crippen LogP contribution is 2.28. The number of amides is 1. The Labute approximate surface area is 155 Å². The number of benzene rings is 2. The average Bonchev–Trinajstić information content (AvgIpc) is 2.63. The number of nitrogens with zero attached hydrogens (tertiary/aromatic N) is 1. The Morgan fingerprint density at radius 3 is 2.30 bits per heavy atom. The molecule has 0 atom stereocenters. The van der Waals surface area contributed by atoms with Crippen molar-refractivity contribution in [3.63, 3.8) is 0 Å². The van der Waals surface area contributed by atoms with Crippen LogP contribution in [0.1, 0.15) is 32.6 Å². The van der Waals surface area contributed by atoms with E-state index in [1.807, 2.05) is 0 Å². The summed E-state index contributed by atoms with van der Waals surface area (Å²) in [4.78, 5) is 25.0. The molecule has 1 amide bonds. The summed E-state index contributed by atoms with van der Waals surface area (Å²) in [5, 5.41) is 8.75. The number of carboxylic acids is 1. The third-order valence-electron chi connectivity index (χ3n) is 4.63. The normalized spacial score (nSPS) is 13.3. The first-order valence-electron chi connectivity index (χ1n) is 8.48. The maximum absolute atomic E-state index is 14.1. The maximum atomic E-state index is 14.1. The number of aliphatic carboxylic acids is 1. The Kier molecular flexibility index (Phi) is 5.12. The van der Waals surface area contributed by atoms with Crippen LogP contribution in [-0.4, -0.2) is 35.0 Å². The van der Waals surface area contributed by atoms with E-state index >= 15 is 0 Å². The molecule has 7 heteroatoms. The van der Waals surface area contributed by atoms with Gasteiger partial charge in [-0.3, -0.25) is 4.79 Å². The van der Waals surface area contributed by atoms with Crippen molar-refractivity contribution in [3.05, 3.63) is 63.7 Å². The molecular weight excluding hydrogens is 356 g/mol. The number of hydrogen-bond acceptors (Lipinski definition) is 3. The van der Waals surface area contributed by atoms with E-state index in [0.29, 0.717) is 34.5 Å². The van der Waals surface area contributed by atoms with Gasteiger partial charge in [-0.1, -0.05) is 0 Å². The van der Waals surface area contributed by atoms with Crippen LogP contribution in [-0.2, 0) is 17.8 Å². The van der Waals surface area contributed by atoms with Crippen molar-refractivity contribution in [2.24, 2.45) is 0 Å². The topological polar surface area (TPSA) is 66.8 Å². The molecule has 2 aromatic rings. The molecule has 0 bridgehead atoms. The smallest absolute Gasteiger partial charge is 0.341 e. The van der Waals surface area contributed by atoms with Crippen LogP contribution in [0.2, 0.25) is 0 Å². The van der Waals surface area contributed by atoms with Crippen molar-refractivity contribution >= 4 is 11.9 Å². The quantitative estimate of drug-likeness (QED) is 0.891. The fourth-order valence-corrected chi connectivity index (χ4v) is 3.38. The second-order valence-corrected chi connectivity index (χ2v) is 6.58. The Balaban J connectivity index is 1.84. The van der Waals surface area contributed by atoms with Crippen LogP contribution in [0.25, 0.3) is 0 Å². The van der Waals surface area contributed by atoms with Gasteiger partial charge in [0.1, 0.15) is 17.4 Å². The number of ether oxygens (including phenoxy) is 1. The number of rotatable bonds is 4. The van der Waals surface area contributed by atoms with E-state index in [0.717, 1.165) is 12.1 Å². The lowest BCUT2D eigenvalue weighted by molar-refractivity contribution is -0.139. The summed E-state index contributed by atoms with van der Waals surface area (Å²) < 4.78 is 33.2. The number of carbonyl (C=O) groups excluding carboxylic acids is 1. The summed E-state index contributed by atoms with van der Waals surface area (Å²) >= 11 is 0. The molecular formula is C20H19F2NO4. The van der Waals surface area contributed by atoms with E-state index in [1.54, 1.807) is 26.0 Å². The summed E-state index contributed by atoms with van der Waals surface area (Å²) in [5.74, 6) is -1.93. The number of halogens is 2. The molecule has 0 aromatic heterocycles. The van der Waals surface area contributed by atoms with Crippen molar-refractivity contribution in [3.8, 4) is 5.75 Å². The van der Waals surface area contributed by atoms with Crippen LogP contribution in [0.3, 0.4) is 0 Å². The van der Waals surface area contributed by atoms with Gasteiger partial charge in [-0.2, -0.15) is 0 Å². The summed E-state index contributed by atoms with van der Waals surface area (Å²) in [6, 6.07) is 5.41. The predicted octanol–water partition coefficient (Wildman–Crippen LogP) is 3.24. The van der Waals surface area contributed by atoms with Gasteiger partial charge in [0.15, 0.2) is 6.61 Å². The molecule has 1 N–H and O–H groups in total. The van der Waals surface area contributed by atoms with Crippen molar-refractivity contribution in [1.82, 2.24) is 4.90 Å². The zero-order valence-corrected chi connectivity index (χ0v) is 15.0. The Bertz CT molecular complexity index is 903. The van der Waals surface area contributed by atoms with E-state index in [1.165, 1.54) is 4.90 Å². The van der Waals surface area contributed by atoms with Crippen LogP contribution in [0, 0.1) is 25.5 Å². The summed E-state index contributed by atoms with van der Waals surface area (Å²) in [5.41, 5.74) is 2.20. The lowest BCUT2D eigenvalue weighted by Gasteiger charge is -2.29. The minimum atomic E-state index is -1.09. The first-order chi connectivity index (χ1) is 12.8. The van der Waals surface area contributed by atoms with Gasteiger partial charge in [-0.25, -0.2) is 13.6 Å². The van der Waals surface area contributed by atoms with Crippen molar-refractivity contribution < 1.29 is 28.2 Å². The molecule has 0 unspecified atom stereocenters. The number of carboxylic acid groups (broad SMARTS) is 1. The number of hydrogen-bond donors (Lipinski definition) is 1. The number of aryl methyl sites for hydroxylation is 2. The van der Waals surface area contributed by atoms with Crippen LogP contribution in [0.4, 0.5) is 8.78 Å². The van der Waals surface area contributed by atoms with Crippen LogP contribution in [0.5, 0.6) is 5.75 Å². The molecule has 0 fully saturated rings. The molecule has 3 rings (SSSR count). The molecule has 0 radical (unpaired) electrons. The van der Waals surface area contributed by atoms with Gasteiger partial charge in [0, 0.05) is 24.2 Å². The molecule has 5 nitrogen and oxygen atoms in total. The Morgan fingerprint density at radius 2 is 1.70 bits per heavy atom. The third kappa shape index (κ3) is 3.77. The summed E-state index contributed by atoms with van der Waals surface area (Å²) in [6.45, 7) is 3.28. The van der Waals surface area contributed by atoms with Gasteiger partial charge >= 0.3 is 5.97 Å². The zero-order chi connectivity index (χ0) is 19.7. The zero-order valence-electron chi connectivity index (χ0n) is 15.0. The molecule has 1 aliphatic rings. The summed E-state index contributed by atoms with van der Waals surface area (Å²) in [6.07, 6.45) is 0.252. The van der Waals surface area contributed by atoms with Gasteiger partial charge in [-0.05, 0) is 61.2 Å². The highest BCUT2D eigenvalue weighted by Gasteiger charge is 2.26. The molecule has 0 saturated heterocycles. The maximum Gasteiger partial charge on any atom is 0.341 e. The van der Waals surface area contributed by atoms with Crippen molar-refractivity contribution in [1.29, 1.82) is 0 Å². The van der Waals surface area contributed by atoms with Crippen molar-refractivity contribution in [2.75, 3.05) is 13.2 Å². The summed E-state index contributed by atoms with van der Waals surface area (Å²) in [7, 11) is 0. The fraction of sp³-hybridized carbons (Fsp3) is 0.300. The number of carbonyl (C=O) groups is 2. The number of fused-ring (bicyclic) bond motifs is 1. The molecule has 27 heavy (non-hydrogen) atoms. The molecule has 0 spiro atoms. The Hall–Kier alpha value is -2.96. The van der Waals surface area contributed by atoms with E-state index in [4.69, 9.17) is 9.84 Å². The predicted molar refractivity (Wildman–Crippen MR) is 93.8 cm³/mol. The molecule has 1 aliphatic heterocycles. The first-order valence-corrected chi connectivity index (χ1v) is 8.48. The monoisotopic (exact) mass is 375 g/mol. The highest BCUT2D eigenvalue weighted by atomic mass is 19.1. The molecule has 1 heterocycles. The molecule has 2 aromatic carbocycles. The van der Waals surface area contributed by atoms with Crippen LogP contribution >= 0.6 is 0 Å². The van der Waals surface area contributed by atoms with Crippen molar-refractivity contribution in [2.45, 2.75) is 26.8 Å². The van der Waals surface area contributed by atoms with Gasteiger partial charge < -0.3 is 14.7 Å². The Morgan fingerprint density at radius 1 is 1.11 bits per heavy atom. The minimum Gasteiger partial charge on any atom is -0.481 e. The molecule has 142 valence electrons. The standard InChI is InChI=1S/C20H19F2NO4/c1-11-7-13(8-12(2)19(11)27-10-18(24)25)20(26)23-6-5-14-15(9-23)17(22)4-3-16(14)21/h3-4,7-8H,5-6,9-10H2,1-2H3,(H,24,25). The third-order valence-corrected chi connectivity index (χ3v) is 4.63. The van der Waals surface area contributed by atoms with E-state index in [9.17, 15) is 18.4 Å². The van der Waals surface area contributed by atoms with E-state index in [-0.39, 0.29) is 24.4 Å². The molecule has 0 aliphatic carbocycles. The molecule has 0 saturated carbocycles. The minimum absolute atomic E-state index is 0.00706. The van der Waals surface area contributed by atoms with Gasteiger partial charge in [0.05, 0.1) is 0 Å². The second kappa shape index (κ2) is 7.34.